The van der Waals surface area contributed by atoms with E-state index < -0.39 is 11.7 Å². The van der Waals surface area contributed by atoms with Gasteiger partial charge in [-0.25, -0.2) is 0 Å². The summed E-state index contributed by atoms with van der Waals surface area (Å²) < 4.78 is 50.4. The molecule has 32 heavy (non-hydrogen) atoms. The van der Waals surface area contributed by atoms with Crippen LogP contribution >= 0.6 is 15.9 Å². The molecular formula is C24H22BrF3N2O2. The second-order valence-electron chi connectivity index (χ2n) is 6.98. The fourth-order valence-electron chi connectivity index (χ4n) is 2.90. The van der Waals surface area contributed by atoms with Crippen LogP contribution in [0.1, 0.15) is 29.2 Å². The van der Waals surface area contributed by atoms with Gasteiger partial charge < -0.3 is 9.47 Å². The smallest absolute Gasteiger partial charge is 0.416 e. The summed E-state index contributed by atoms with van der Waals surface area (Å²) in [6, 6.07) is 16.3. The minimum Gasteiger partial charge on any atom is -0.490 e. The SMILES string of the molecule is CCOc1cc(/C=N/Nc2ccc(C(F)(F)F)cc2)c(Br)cc1OCc1cccc(C)c1. The number of aryl methyl sites for hydroxylation is 1. The molecule has 0 atom stereocenters. The minimum absolute atomic E-state index is 0.400. The van der Waals surface area contributed by atoms with E-state index in [-0.39, 0.29) is 0 Å². The lowest BCUT2D eigenvalue weighted by atomic mass is 10.1. The summed E-state index contributed by atoms with van der Waals surface area (Å²) in [7, 11) is 0. The number of hydrogen-bond acceptors (Lipinski definition) is 4. The van der Waals surface area contributed by atoms with Crippen LogP contribution in [0.15, 0.2) is 70.2 Å². The first kappa shape index (κ1) is 23.7. The van der Waals surface area contributed by atoms with Gasteiger partial charge in [-0.3, -0.25) is 5.43 Å². The molecule has 0 fully saturated rings. The number of hydrogen-bond donors (Lipinski definition) is 1. The van der Waals surface area contributed by atoms with Gasteiger partial charge in [-0.1, -0.05) is 29.8 Å². The molecule has 3 rings (SSSR count). The standard InChI is InChI=1S/C24H22BrF3N2O2/c1-3-31-22-12-18(14-29-30-20-9-7-19(8-10-20)24(26,27)28)21(25)13-23(22)32-15-17-6-4-5-16(2)11-17/h4-14,30H,3,15H2,1-2H3/b29-14+. The van der Waals surface area contributed by atoms with Gasteiger partial charge in [0.25, 0.3) is 0 Å². The molecular weight excluding hydrogens is 485 g/mol. The Hall–Kier alpha value is -3.00. The van der Waals surface area contributed by atoms with Crippen LogP contribution in [0.25, 0.3) is 0 Å². The average Bonchev–Trinajstić information content (AvgIpc) is 2.74. The molecule has 168 valence electrons. The monoisotopic (exact) mass is 506 g/mol. The van der Waals surface area contributed by atoms with E-state index in [1.54, 1.807) is 18.3 Å². The maximum Gasteiger partial charge on any atom is 0.416 e. The number of hydrazone groups is 1. The summed E-state index contributed by atoms with van der Waals surface area (Å²) in [5, 5.41) is 4.12. The Kier molecular flexibility index (Phi) is 7.80. The van der Waals surface area contributed by atoms with E-state index in [4.69, 9.17) is 9.47 Å². The van der Waals surface area contributed by atoms with E-state index in [0.717, 1.165) is 33.3 Å². The lowest BCUT2D eigenvalue weighted by molar-refractivity contribution is -0.137. The van der Waals surface area contributed by atoms with Crippen LogP contribution in [0.3, 0.4) is 0 Å². The maximum atomic E-state index is 12.7. The Labute approximate surface area is 193 Å². The quantitative estimate of drug-likeness (QED) is 0.259. The predicted octanol–water partition coefficient (Wildman–Crippen LogP) is 7.20. The van der Waals surface area contributed by atoms with Crippen molar-refractivity contribution < 1.29 is 22.6 Å². The molecule has 0 aliphatic carbocycles. The zero-order chi connectivity index (χ0) is 23.1. The lowest BCUT2D eigenvalue weighted by Crippen LogP contribution is -2.04. The van der Waals surface area contributed by atoms with E-state index in [0.29, 0.717) is 30.4 Å². The van der Waals surface area contributed by atoms with Gasteiger partial charge >= 0.3 is 6.18 Å². The summed E-state index contributed by atoms with van der Waals surface area (Å²) in [5.41, 5.74) is 5.38. The van der Waals surface area contributed by atoms with Crippen LogP contribution < -0.4 is 14.9 Å². The van der Waals surface area contributed by atoms with Crippen LogP contribution in [0, 0.1) is 6.92 Å². The van der Waals surface area contributed by atoms with Crippen molar-refractivity contribution in [2.75, 3.05) is 12.0 Å². The van der Waals surface area contributed by atoms with Crippen molar-refractivity contribution in [2.24, 2.45) is 5.10 Å². The molecule has 0 saturated carbocycles. The highest BCUT2D eigenvalue weighted by atomic mass is 79.9. The van der Waals surface area contributed by atoms with E-state index in [2.05, 4.69) is 32.5 Å². The van der Waals surface area contributed by atoms with Gasteiger partial charge in [-0.2, -0.15) is 18.3 Å². The molecule has 0 saturated heterocycles. The Morgan fingerprint density at radius 2 is 1.72 bits per heavy atom. The molecule has 0 aliphatic rings. The van der Waals surface area contributed by atoms with Gasteiger partial charge in [0.2, 0.25) is 0 Å². The van der Waals surface area contributed by atoms with Gasteiger partial charge in [-0.05, 0) is 71.7 Å². The third kappa shape index (κ3) is 6.50. The topological polar surface area (TPSA) is 42.8 Å². The third-order valence-electron chi connectivity index (χ3n) is 4.45. The Morgan fingerprint density at radius 1 is 1.00 bits per heavy atom. The van der Waals surface area contributed by atoms with Crippen molar-refractivity contribution in [2.45, 2.75) is 26.6 Å². The van der Waals surface area contributed by atoms with Crippen LogP contribution in [-0.4, -0.2) is 12.8 Å². The number of ether oxygens (including phenoxy) is 2. The lowest BCUT2D eigenvalue weighted by Gasteiger charge is -2.14. The van der Waals surface area contributed by atoms with Gasteiger partial charge in [0.1, 0.15) is 6.61 Å². The first-order chi connectivity index (χ1) is 15.3. The second kappa shape index (κ2) is 10.5. The number of alkyl halides is 3. The maximum absolute atomic E-state index is 12.7. The first-order valence-electron chi connectivity index (χ1n) is 9.87. The molecule has 1 N–H and O–H groups in total. The number of nitrogens with one attached hydrogen (secondary N) is 1. The van der Waals surface area contributed by atoms with Gasteiger partial charge in [0.05, 0.1) is 24.1 Å². The highest BCUT2D eigenvalue weighted by Gasteiger charge is 2.29. The number of halogens is 4. The molecule has 0 aromatic heterocycles. The van der Waals surface area contributed by atoms with Crippen molar-refractivity contribution in [3.8, 4) is 11.5 Å². The van der Waals surface area contributed by atoms with Crippen molar-refractivity contribution in [3.63, 3.8) is 0 Å². The second-order valence-corrected chi connectivity index (χ2v) is 7.83. The van der Waals surface area contributed by atoms with Crippen molar-refractivity contribution >= 4 is 27.8 Å². The molecule has 3 aromatic carbocycles. The number of benzene rings is 3. The highest BCUT2D eigenvalue weighted by molar-refractivity contribution is 9.10. The Balaban J connectivity index is 1.72. The fourth-order valence-corrected chi connectivity index (χ4v) is 3.33. The largest absolute Gasteiger partial charge is 0.490 e. The van der Waals surface area contributed by atoms with Crippen LogP contribution in [0.5, 0.6) is 11.5 Å². The molecule has 0 aliphatic heterocycles. The van der Waals surface area contributed by atoms with Gasteiger partial charge in [0, 0.05) is 10.0 Å². The zero-order valence-electron chi connectivity index (χ0n) is 17.5. The highest BCUT2D eigenvalue weighted by Crippen LogP contribution is 2.34. The van der Waals surface area contributed by atoms with Crippen molar-refractivity contribution in [1.29, 1.82) is 0 Å². The average molecular weight is 507 g/mol. The summed E-state index contributed by atoms with van der Waals surface area (Å²) in [6.45, 7) is 4.77. The number of nitrogens with zero attached hydrogens (tertiary/aromatic N) is 1. The van der Waals surface area contributed by atoms with Crippen LogP contribution in [0.4, 0.5) is 18.9 Å². The van der Waals surface area contributed by atoms with E-state index in [9.17, 15) is 13.2 Å². The first-order valence-corrected chi connectivity index (χ1v) is 10.7. The van der Waals surface area contributed by atoms with Crippen LogP contribution in [-0.2, 0) is 12.8 Å². The van der Waals surface area contributed by atoms with Gasteiger partial charge in [0.15, 0.2) is 11.5 Å². The molecule has 0 bridgehead atoms. The molecule has 0 radical (unpaired) electrons. The molecule has 8 heteroatoms. The molecule has 0 heterocycles. The third-order valence-corrected chi connectivity index (χ3v) is 5.14. The molecule has 3 aromatic rings. The van der Waals surface area contributed by atoms with Gasteiger partial charge in [-0.15, -0.1) is 0 Å². The van der Waals surface area contributed by atoms with E-state index in [1.165, 1.54) is 12.1 Å². The molecule has 0 amide bonds. The van der Waals surface area contributed by atoms with Crippen LogP contribution in [0.2, 0.25) is 0 Å². The number of anilines is 1. The molecule has 4 nitrogen and oxygen atoms in total. The summed E-state index contributed by atoms with van der Waals surface area (Å²) in [4.78, 5) is 0. The fraction of sp³-hybridized carbons (Fsp3) is 0.208. The normalized spacial score (nSPS) is 11.6. The van der Waals surface area contributed by atoms with Crippen molar-refractivity contribution in [3.05, 3.63) is 87.4 Å². The summed E-state index contributed by atoms with van der Waals surface area (Å²) in [6.07, 6.45) is -2.82. The van der Waals surface area contributed by atoms with E-state index in [1.807, 2.05) is 32.0 Å². The Morgan fingerprint density at radius 3 is 2.38 bits per heavy atom. The summed E-state index contributed by atoms with van der Waals surface area (Å²) in [5.74, 6) is 1.16. The Bertz CT molecular complexity index is 1080. The summed E-state index contributed by atoms with van der Waals surface area (Å²) >= 11 is 3.51. The minimum atomic E-state index is -4.37. The zero-order valence-corrected chi connectivity index (χ0v) is 19.1. The number of rotatable bonds is 8. The molecule has 0 unspecified atom stereocenters. The van der Waals surface area contributed by atoms with Crippen molar-refractivity contribution in [1.82, 2.24) is 0 Å². The molecule has 0 spiro atoms. The predicted molar refractivity (Wildman–Crippen MR) is 123 cm³/mol. The van der Waals surface area contributed by atoms with E-state index >= 15 is 0 Å².